The lowest BCUT2D eigenvalue weighted by atomic mass is 9.70. The monoisotopic (exact) mass is 404 g/mol. The molecule has 5 nitrogen and oxygen atoms in total. The van der Waals surface area contributed by atoms with Crippen molar-refractivity contribution in [1.82, 2.24) is 0 Å². The maximum Gasteiger partial charge on any atom is 0.308 e. The Kier molecular flexibility index (Phi) is 5.06. The Labute approximate surface area is 175 Å². The Morgan fingerprint density at radius 3 is 2.47 bits per heavy atom. The molecule has 0 saturated heterocycles. The van der Waals surface area contributed by atoms with Crippen LogP contribution in [-0.2, 0) is 9.59 Å². The van der Waals surface area contributed by atoms with Crippen LogP contribution in [0.4, 0.5) is 0 Å². The fraction of sp³-hybridized carbons (Fsp3) is 0.320. The van der Waals surface area contributed by atoms with Gasteiger partial charge in [0.05, 0.1) is 0 Å². The molecule has 1 aliphatic carbocycles. The minimum absolute atomic E-state index is 0.0544. The van der Waals surface area contributed by atoms with Crippen LogP contribution in [0.2, 0.25) is 0 Å². The van der Waals surface area contributed by atoms with Crippen LogP contribution in [-0.4, -0.2) is 17.5 Å². The van der Waals surface area contributed by atoms with Crippen molar-refractivity contribution < 1.29 is 23.9 Å². The fourth-order valence-electron chi connectivity index (χ4n) is 4.30. The van der Waals surface area contributed by atoms with Gasteiger partial charge in [-0.2, -0.15) is 0 Å². The molecule has 1 heterocycles. The smallest absolute Gasteiger partial charge is 0.308 e. The summed E-state index contributed by atoms with van der Waals surface area (Å²) in [5, 5.41) is 0. The molecule has 0 N–H and O–H groups in total. The first-order valence-corrected chi connectivity index (χ1v) is 10.1. The van der Waals surface area contributed by atoms with Gasteiger partial charge in [-0.25, -0.2) is 0 Å². The zero-order valence-corrected chi connectivity index (χ0v) is 17.4. The topological polar surface area (TPSA) is 69.7 Å². The van der Waals surface area contributed by atoms with Crippen LogP contribution < -0.4 is 9.47 Å². The summed E-state index contributed by atoms with van der Waals surface area (Å²) in [4.78, 5) is 37.2. The van der Waals surface area contributed by atoms with E-state index in [9.17, 15) is 14.4 Å². The highest BCUT2D eigenvalue weighted by atomic mass is 16.5. The van der Waals surface area contributed by atoms with Crippen molar-refractivity contribution in [3.05, 3.63) is 71.0 Å². The zero-order chi connectivity index (χ0) is 21.5. The summed E-state index contributed by atoms with van der Waals surface area (Å²) in [7, 11) is 0. The molecule has 30 heavy (non-hydrogen) atoms. The first-order valence-electron chi connectivity index (χ1n) is 10.1. The highest BCUT2D eigenvalue weighted by Gasteiger charge is 2.41. The molecule has 4 rings (SSSR count). The van der Waals surface area contributed by atoms with E-state index in [1.807, 2.05) is 24.3 Å². The quantitative estimate of drug-likeness (QED) is 0.407. The number of carbonyl (C=O) groups excluding carboxylic acids is 3. The van der Waals surface area contributed by atoms with Gasteiger partial charge < -0.3 is 9.47 Å². The SMILES string of the molecule is CC(=O)Oc1ccc(C(=O)C[C@@H]2C3=C(CC(C)(C)CC3=O)Oc3ccccc32)cc1. The molecular weight excluding hydrogens is 380 g/mol. The maximum absolute atomic E-state index is 13.1. The van der Waals surface area contributed by atoms with E-state index in [2.05, 4.69) is 13.8 Å². The molecule has 154 valence electrons. The number of hydrogen-bond acceptors (Lipinski definition) is 5. The summed E-state index contributed by atoms with van der Waals surface area (Å²) in [6.45, 7) is 5.45. The van der Waals surface area contributed by atoms with Crippen molar-refractivity contribution in [3.8, 4) is 11.5 Å². The van der Waals surface area contributed by atoms with E-state index in [4.69, 9.17) is 9.47 Å². The second kappa shape index (κ2) is 7.56. The highest BCUT2D eigenvalue weighted by Crippen LogP contribution is 2.49. The number of rotatable bonds is 4. The van der Waals surface area contributed by atoms with Crippen LogP contribution >= 0.6 is 0 Å². The van der Waals surface area contributed by atoms with Gasteiger partial charge in [-0.1, -0.05) is 32.0 Å². The number of esters is 1. The molecule has 0 amide bonds. The van der Waals surface area contributed by atoms with E-state index in [-0.39, 0.29) is 29.3 Å². The molecule has 2 aliphatic rings. The second-order valence-corrected chi connectivity index (χ2v) is 8.72. The molecule has 0 aromatic heterocycles. The van der Waals surface area contributed by atoms with Crippen molar-refractivity contribution in [3.63, 3.8) is 0 Å². The number of carbonyl (C=O) groups is 3. The van der Waals surface area contributed by atoms with E-state index in [0.29, 0.717) is 41.2 Å². The van der Waals surface area contributed by atoms with Crippen molar-refractivity contribution in [2.75, 3.05) is 0 Å². The minimum Gasteiger partial charge on any atom is -0.461 e. The molecule has 1 aliphatic heterocycles. The summed E-state index contributed by atoms with van der Waals surface area (Å²) in [6.07, 6.45) is 1.29. The molecule has 5 heteroatoms. The molecular formula is C25H24O5. The zero-order valence-electron chi connectivity index (χ0n) is 17.4. The van der Waals surface area contributed by atoms with Gasteiger partial charge in [0.1, 0.15) is 17.3 Å². The fourth-order valence-corrected chi connectivity index (χ4v) is 4.30. The van der Waals surface area contributed by atoms with Crippen molar-refractivity contribution in [1.29, 1.82) is 0 Å². The Bertz CT molecular complexity index is 1060. The second-order valence-electron chi connectivity index (χ2n) is 8.72. The molecule has 0 bridgehead atoms. The van der Waals surface area contributed by atoms with E-state index in [0.717, 1.165) is 5.56 Å². The van der Waals surface area contributed by atoms with E-state index in [1.54, 1.807) is 24.3 Å². The van der Waals surface area contributed by atoms with Crippen molar-refractivity contribution in [2.45, 2.75) is 46.0 Å². The van der Waals surface area contributed by atoms with Gasteiger partial charge >= 0.3 is 5.97 Å². The van der Waals surface area contributed by atoms with E-state index >= 15 is 0 Å². The van der Waals surface area contributed by atoms with Gasteiger partial charge in [-0.05, 0) is 35.7 Å². The summed E-state index contributed by atoms with van der Waals surface area (Å²) < 4.78 is 11.1. The first kappa shape index (κ1) is 20.1. The molecule has 2 aromatic carbocycles. The van der Waals surface area contributed by atoms with Gasteiger partial charge in [0.15, 0.2) is 11.6 Å². The summed E-state index contributed by atoms with van der Waals surface area (Å²) in [6, 6.07) is 14.1. The average Bonchev–Trinajstić information content (AvgIpc) is 2.66. The third-order valence-electron chi connectivity index (χ3n) is 5.58. The summed E-state index contributed by atoms with van der Waals surface area (Å²) in [5.74, 6) is 1.04. The molecule has 0 saturated carbocycles. The molecule has 0 radical (unpaired) electrons. The third-order valence-corrected chi connectivity index (χ3v) is 5.58. The van der Waals surface area contributed by atoms with Gasteiger partial charge in [-0.3, -0.25) is 14.4 Å². The Hall–Kier alpha value is -3.21. The number of ketones is 2. The third kappa shape index (κ3) is 3.92. The summed E-state index contributed by atoms with van der Waals surface area (Å²) in [5.41, 5.74) is 1.86. The lowest BCUT2D eigenvalue weighted by Crippen LogP contribution is -2.33. The molecule has 1 atom stereocenters. The lowest BCUT2D eigenvalue weighted by molar-refractivity contribution is -0.131. The van der Waals surface area contributed by atoms with Crippen molar-refractivity contribution in [2.24, 2.45) is 5.41 Å². The van der Waals surface area contributed by atoms with Crippen LogP contribution in [0.5, 0.6) is 11.5 Å². The number of hydrogen-bond donors (Lipinski definition) is 0. The van der Waals surface area contributed by atoms with E-state index in [1.165, 1.54) is 6.92 Å². The Morgan fingerprint density at radius 1 is 1.07 bits per heavy atom. The molecule has 0 fully saturated rings. The number of fused-ring (bicyclic) bond motifs is 1. The van der Waals surface area contributed by atoms with Gasteiger partial charge in [0.25, 0.3) is 0 Å². The first-order chi connectivity index (χ1) is 14.2. The van der Waals surface area contributed by atoms with Crippen molar-refractivity contribution >= 4 is 17.5 Å². The van der Waals surface area contributed by atoms with Crippen LogP contribution in [0.15, 0.2) is 59.9 Å². The number of Topliss-reactive ketones (excluding diaryl/α,β-unsaturated/α-hetero) is 2. The summed E-state index contributed by atoms with van der Waals surface area (Å²) >= 11 is 0. The number of ether oxygens (including phenoxy) is 2. The van der Waals surface area contributed by atoms with E-state index < -0.39 is 5.97 Å². The normalized spacial score (nSPS) is 19.4. The van der Waals surface area contributed by atoms with Gasteiger partial charge in [-0.15, -0.1) is 0 Å². The minimum atomic E-state index is -0.411. The van der Waals surface area contributed by atoms with Gasteiger partial charge in [0.2, 0.25) is 0 Å². The van der Waals surface area contributed by atoms with Crippen LogP contribution in [0.1, 0.15) is 61.9 Å². The van der Waals surface area contributed by atoms with Crippen LogP contribution in [0, 0.1) is 5.41 Å². The molecule has 0 spiro atoms. The largest absolute Gasteiger partial charge is 0.461 e. The predicted molar refractivity (Wildman–Crippen MR) is 112 cm³/mol. The average molecular weight is 404 g/mol. The Balaban J connectivity index is 1.66. The standard InChI is InChI=1S/C25H24O5/c1-15(26)29-17-10-8-16(9-11-17)20(27)12-19-18-6-4-5-7-22(18)30-23-14-25(2,3)13-21(28)24(19)23/h4-11,19H,12-14H2,1-3H3/t19-/m0/s1. The molecule has 0 unspecified atom stereocenters. The Morgan fingerprint density at radius 2 is 1.77 bits per heavy atom. The lowest BCUT2D eigenvalue weighted by Gasteiger charge is -2.38. The highest BCUT2D eigenvalue weighted by molar-refractivity contribution is 6.02. The maximum atomic E-state index is 13.1. The van der Waals surface area contributed by atoms with Gasteiger partial charge in [0, 0.05) is 48.8 Å². The van der Waals surface area contributed by atoms with Crippen LogP contribution in [0.25, 0.3) is 0 Å². The predicted octanol–water partition coefficient (Wildman–Crippen LogP) is 5.00. The molecule has 2 aromatic rings. The number of allylic oxidation sites excluding steroid dienone is 2. The number of para-hydroxylation sites is 1. The number of benzene rings is 2. The van der Waals surface area contributed by atoms with Crippen LogP contribution in [0.3, 0.4) is 0 Å².